The van der Waals surface area contributed by atoms with Crippen LogP contribution in [-0.4, -0.2) is 114 Å². The molecule has 3 N–H and O–H groups in total. The lowest BCUT2D eigenvalue weighted by molar-refractivity contribution is -0.141. The van der Waals surface area contributed by atoms with Crippen LogP contribution in [0.3, 0.4) is 0 Å². The van der Waals surface area contributed by atoms with E-state index in [0.29, 0.717) is 80.9 Å². The quantitative estimate of drug-likeness (QED) is 0.209. The summed E-state index contributed by atoms with van der Waals surface area (Å²) in [6, 6.07) is 13.0. The number of hydrogen-bond donors (Lipinski definition) is 3. The molecular weight excluding hydrogens is 827 g/mol. The lowest BCUT2D eigenvalue weighted by Gasteiger charge is -2.32. The van der Waals surface area contributed by atoms with Crippen LogP contribution in [0.4, 0.5) is 4.79 Å². The van der Waals surface area contributed by atoms with E-state index in [-0.39, 0.29) is 30.7 Å². The Balaban J connectivity index is 1.06. The molecule has 3 aliphatic heterocycles. The van der Waals surface area contributed by atoms with Crippen molar-refractivity contribution in [1.82, 2.24) is 35.1 Å². The Labute approximate surface area is 366 Å². The molecule has 0 spiro atoms. The maximum absolute atomic E-state index is 14.9. The van der Waals surface area contributed by atoms with Crippen LogP contribution in [0.25, 0.3) is 33.5 Å². The standard InChI is InChI=1S/C46H55N7O9S/c1-45(2,3)29-17-15-28(16-18-29)39-48-37-33-12-9-10-14-36(33)62-38(37)41(49-39)61-31-25-35-40(54)50-46(43(56)51-63(58,59)32-19-20-32)26-30(46)11-7-5-4-6-8-13-34(42(55)53(35)27-31)47-44(57)52-21-23-60-24-22-52/h7,9-12,14-18,30-32,34-35H,4-6,8,13,19-27H2,1-3H3,(H,47,57)(H,50,54)(H,51,56)/b11-7-/t30-,31+,34-,35-,46+/m0/s1. The van der Waals surface area contributed by atoms with Gasteiger partial charge in [0.1, 0.15) is 34.8 Å². The summed E-state index contributed by atoms with van der Waals surface area (Å²) >= 11 is 0. The van der Waals surface area contributed by atoms with Gasteiger partial charge in [-0.3, -0.25) is 19.1 Å². The molecule has 16 nitrogen and oxygen atoms in total. The second kappa shape index (κ2) is 16.9. The van der Waals surface area contributed by atoms with E-state index < -0.39 is 68.7 Å². The first-order valence-electron chi connectivity index (χ1n) is 22.2. The van der Waals surface area contributed by atoms with Gasteiger partial charge >= 0.3 is 6.03 Å². The molecule has 5 aliphatic rings. The maximum Gasteiger partial charge on any atom is 0.318 e. The summed E-state index contributed by atoms with van der Waals surface area (Å²) in [6.45, 7) is 7.90. The van der Waals surface area contributed by atoms with E-state index in [1.807, 2.05) is 60.7 Å². The Hall–Kier alpha value is -5.55. The van der Waals surface area contributed by atoms with Crippen LogP contribution in [0.1, 0.15) is 84.1 Å². The number of aromatic nitrogens is 2. The number of allylic oxidation sites excluding steroid dienone is 1. The van der Waals surface area contributed by atoms with Gasteiger partial charge in [0.15, 0.2) is 5.82 Å². The highest BCUT2D eigenvalue weighted by atomic mass is 32.2. The molecule has 2 saturated carbocycles. The Bertz CT molecular complexity index is 2560. The second-order valence-corrected chi connectivity index (χ2v) is 20.5. The minimum Gasteiger partial charge on any atom is -0.470 e. The van der Waals surface area contributed by atoms with Crippen molar-refractivity contribution in [2.75, 3.05) is 32.8 Å². The summed E-state index contributed by atoms with van der Waals surface area (Å²) in [5.74, 6) is -1.80. The average Bonchev–Trinajstić information content (AvgIpc) is 4.17. The van der Waals surface area contributed by atoms with E-state index in [9.17, 15) is 27.6 Å². The molecule has 2 aromatic heterocycles. The molecule has 63 heavy (non-hydrogen) atoms. The molecule has 4 aromatic rings. The highest BCUT2D eigenvalue weighted by Crippen LogP contribution is 2.46. The number of hydrogen-bond acceptors (Lipinski definition) is 11. The molecule has 17 heteroatoms. The fraction of sp³-hybridized carbons (Fsp3) is 0.522. The van der Waals surface area contributed by atoms with Crippen LogP contribution >= 0.6 is 0 Å². The molecule has 5 amide bonds. The maximum atomic E-state index is 14.9. The number of nitrogens with one attached hydrogen (secondary N) is 3. The molecule has 4 fully saturated rings. The van der Waals surface area contributed by atoms with Gasteiger partial charge in [-0.2, -0.15) is 4.98 Å². The molecular formula is C46H55N7O9S. The van der Waals surface area contributed by atoms with E-state index in [1.54, 1.807) is 4.90 Å². The largest absolute Gasteiger partial charge is 0.470 e. The fourth-order valence-electron chi connectivity index (χ4n) is 8.91. The van der Waals surface area contributed by atoms with Gasteiger partial charge in [0.25, 0.3) is 11.8 Å². The van der Waals surface area contributed by atoms with Gasteiger partial charge in [0.05, 0.1) is 25.0 Å². The zero-order chi connectivity index (χ0) is 44.1. The van der Waals surface area contributed by atoms with Crippen LogP contribution in [0, 0.1) is 5.92 Å². The van der Waals surface area contributed by atoms with E-state index in [1.165, 1.54) is 4.90 Å². The molecule has 5 atom stereocenters. The number of para-hydroxylation sites is 1. The molecule has 2 saturated heterocycles. The summed E-state index contributed by atoms with van der Waals surface area (Å²) < 4.78 is 46.7. The number of amides is 5. The van der Waals surface area contributed by atoms with Crippen molar-refractivity contribution in [1.29, 1.82) is 0 Å². The summed E-state index contributed by atoms with van der Waals surface area (Å²) in [5, 5.41) is 6.02. The molecule has 0 radical (unpaired) electrons. The highest BCUT2D eigenvalue weighted by Gasteiger charge is 2.62. The molecule has 9 rings (SSSR count). The molecule has 0 bridgehead atoms. The van der Waals surface area contributed by atoms with Gasteiger partial charge in [-0.25, -0.2) is 18.2 Å². The SMILES string of the molecule is CC(C)(C)c1ccc(-c2nc(O[C@@H]3C[C@H]4C(=O)N[C@]5(C(=O)NS(=O)(=O)C6CC6)C[C@@H]5/C=C\CCCCC[C@H](NC(=O)N5CCOCC5)C(=O)N4C3)c3oc4ccccc4c3n2)cc1. The number of benzene rings is 2. The number of furan rings is 1. The van der Waals surface area contributed by atoms with Gasteiger partial charge in [-0.15, -0.1) is 0 Å². The van der Waals surface area contributed by atoms with Crippen LogP contribution in [0.2, 0.25) is 0 Å². The van der Waals surface area contributed by atoms with E-state index in [0.717, 1.165) is 29.4 Å². The third-order valence-corrected chi connectivity index (χ3v) is 14.7. The predicted molar refractivity (Wildman–Crippen MR) is 234 cm³/mol. The van der Waals surface area contributed by atoms with Gasteiger partial charge in [-0.05, 0) is 61.6 Å². The van der Waals surface area contributed by atoms with Crippen LogP contribution in [0.5, 0.6) is 5.88 Å². The first kappa shape index (κ1) is 42.7. The normalized spacial score (nSPS) is 26.5. The molecule has 2 aromatic carbocycles. The number of morpholine rings is 1. The summed E-state index contributed by atoms with van der Waals surface area (Å²) in [4.78, 5) is 70.0. The Morgan fingerprint density at radius 2 is 1.73 bits per heavy atom. The van der Waals surface area contributed by atoms with Crippen molar-refractivity contribution >= 4 is 55.8 Å². The van der Waals surface area contributed by atoms with Gasteiger partial charge < -0.3 is 34.3 Å². The van der Waals surface area contributed by atoms with Crippen molar-refractivity contribution < 1.29 is 41.5 Å². The second-order valence-electron chi connectivity index (χ2n) is 18.6. The number of carbonyl (C=O) groups is 4. The van der Waals surface area contributed by atoms with Crippen LogP contribution in [0.15, 0.2) is 65.1 Å². The number of carbonyl (C=O) groups excluding carboxylic acids is 4. The van der Waals surface area contributed by atoms with Crippen LogP contribution < -0.4 is 20.1 Å². The summed E-state index contributed by atoms with van der Waals surface area (Å²) in [5.41, 5.74) is 1.74. The van der Waals surface area contributed by atoms with Gasteiger partial charge in [0, 0.05) is 36.4 Å². The third kappa shape index (κ3) is 8.86. The molecule has 334 valence electrons. The fourth-order valence-corrected chi connectivity index (χ4v) is 10.3. The third-order valence-electron chi connectivity index (χ3n) is 12.9. The van der Waals surface area contributed by atoms with Crippen molar-refractivity contribution in [3.8, 4) is 17.3 Å². The van der Waals surface area contributed by atoms with Gasteiger partial charge in [-0.1, -0.05) is 82.2 Å². The lowest BCUT2D eigenvalue weighted by atomic mass is 9.87. The Morgan fingerprint density at radius 3 is 2.48 bits per heavy atom. The van der Waals surface area contributed by atoms with Gasteiger partial charge in [0.2, 0.25) is 27.4 Å². The zero-order valence-corrected chi connectivity index (χ0v) is 36.7. The molecule has 0 unspecified atom stereocenters. The minimum absolute atomic E-state index is 0.00161. The van der Waals surface area contributed by atoms with Crippen molar-refractivity contribution in [2.24, 2.45) is 5.92 Å². The van der Waals surface area contributed by atoms with Crippen molar-refractivity contribution in [3.05, 3.63) is 66.2 Å². The van der Waals surface area contributed by atoms with E-state index in [2.05, 4.69) is 36.1 Å². The first-order valence-corrected chi connectivity index (χ1v) is 23.7. The number of ether oxygens (including phenoxy) is 2. The van der Waals surface area contributed by atoms with Crippen LogP contribution in [-0.2, 0) is 34.6 Å². The number of nitrogens with zero attached hydrogens (tertiary/aromatic N) is 4. The lowest BCUT2D eigenvalue weighted by Crippen LogP contribution is -2.59. The summed E-state index contributed by atoms with van der Waals surface area (Å²) in [7, 11) is -3.92. The Morgan fingerprint density at radius 1 is 0.968 bits per heavy atom. The topological polar surface area (TPSA) is 202 Å². The first-order chi connectivity index (χ1) is 30.2. The highest BCUT2D eigenvalue weighted by molar-refractivity contribution is 7.91. The van der Waals surface area contributed by atoms with Crippen molar-refractivity contribution in [2.45, 2.75) is 113 Å². The van der Waals surface area contributed by atoms with E-state index in [4.69, 9.17) is 23.9 Å². The predicted octanol–water partition coefficient (Wildman–Crippen LogP) is 5.10. The summed E-state index contributed by atoms with van der Waals surface area (Å²) in [6.07, 6.45) is 7.41. The number of fused-ring (bicyclic) bond motifs is 5. The Kier molecular flexibility index (Phi) is 11.4. The van der Waals surface area contributed by atoms with E-state index >= 15 is 0 Å². The number of urea groups is 1. The molecule has 5 heterocycles. The molecule has 2 aliphatic carbocycles. The number of rotatable bonds is 7. The monoisotopic (exact) mass is 881 g/mol. The average molecular weight is 882 g/mol. The van der Waals surface area contributed by atoms with Crippen molar-refractivity contribution in [3.63, 3.8) is 0 Å². The zero-order valence-electron chi connectivity index (χ0n) is 35.9. The smallest absolute Gasteiger partial charge is 0.318 e. The minimum atomic E-state index is -3.92. The number of sulfonamides is 1.